The van der Waals surface area contributed by atoms with Crippen molar-refractivity contribution in [3.63, 3.8) is 0 Å². The molecule has 1 aliphatic rings. The smallest absolute Gasteiger partial charge is 0.249 e. The fraction of sp³-hybridized carbons (Fsp3) is 0.500. The topological polar surface area (TPSA) is 142 Å². The summed E-state index contributed by atoms with van der Waals surface area (Å²) in [6, 6.07) is 5.39. The van der Waals surface area contributed by atoms with E-state index in [0.717, 1.165) is 5.56 Å². The summed E-state index contributed by atoms with van der Waals surface area (Å²) >= 11 is 1.61. The molecule has 1 aromatic carbocycles. The summed E-state index contributed by atoms with van der Waals surface area (Å²) in [5, 5.41) is 13.2. The molecule has 11 heteroatoms. The number of piperidine rings is 1. The van der Waals surface area contributed by atoms with E-state index < -0.39 is 42.9 Å². The maximum atomic E-state index is 13.1. The minimum Gasteiger partial charge on any atom is -0.548 e. The number of hydrogen-bond acceptors (Lipinski definition) is 7. The van der Waals surface area contributed by atoms with Crippen molar-refractivity contribution in [3.8, 4) is 0 Å². The molecular formula is C20H25FN3O6S-. The van der Waals surface area contributed by atoms with Crippen molar-refractivity contribution < 1.29 is 33.4 Å². The third kappa shape index (κ3) is 8.54. The van der Waals surface area contributed by atoms with Crippen LogP contribution in [0.2, 0.25) is 0 Å². The normalized spacial score (nSPS) is 18.4. The number of nitrogens with zero attached hydrogens (tertiary/aromatic N) is 1. The molecule has 1 aromatic rings. The van der Waals surface area contributed by atoms with E-state index in [4.69, 9.17) is 10.5 Å². The van der Waals surface area contributed by atoms with Gasteiger partial charge in [-0.05, 0) is 30.5 Å². The van der Waals surface area contributed by atoms with Gasteiger partial charge in [-0.25, -0.2) is 4.39 Å². The van der Waals surface area contributed by atoms with Crippen LogP contribution in [0.5, 0.6) is 0 Å². The molecule has 0 radical (unpaired) electrons. The fourth-order valence-corrected chi connectivity index (χ4v) is 4.37. The van der Waals surface area contributed by atoms with Crippen LogP contribution in [-0.2, 0) is 29.7 Å². The lowest BCUT2D eigenvalue weighted by Gasteiger charge is -2.38. The molecule has 0 aliphatic carbocycles. The Labute approximate surface area is 183 Å². The first-order valence-corrected chi connectivity index (χ1v) is 10.8. The van der Waals surface area contributed by atoms with Crippen LogP contribution in [0.1, 0.15) is 24.8 Å². The standard InChI is InChI=1S/C20H26FN3O6S/c21-14-3-1-13(2-4-14)12-31-15-6-8-24(18(26)10-30-11-19(27)28)16(9-15)20(29)23-7-5-17(22)25/h1-4,15-16H,5-12H2,(H2,22,25)(H,23,29)(H,27,28)/p-1/t15-,16-/m0/s1. The van der Waals surface area contributed by atoms with Gasteiger partial charge < -0.3 is 30.6 Å². The highest BCUT2D eigenvalue weighted by Gasteiger charge is 2.36. The third-order valence-corrected chi connectivity index (χ3v) is 6.09. The van der Waals surface area contributed by atoms with E-state index in [1.165, 1.54) is 17.0 Å². The molecule has 3 amide bonds. The SMILES string of the molecule is NC(=O)CCNC(=O)[C@@H]1C[C@@H](SCc2ccc(F)cc2)CCN1C(=O)COCC(=O)[O-]. The Morgan fingerprint density at radius 1 is 1.23 bits per heavy atom. The van der Waals surface area contributed by atoms with Crippen molar-refractivity contribution in [2.45, 2.75) is 36.3 Å². The monoisotopic (exact) mass is 454 g/mol. The zero-order valence-corrected chi connectivity index (χ0v) is 17.7. The molecule has 1 fully saturated rings. The molecule has 1 heterocycles. The van der Waals surface area contributed by atoms with Crippen molar-refractivity contribution in [3.05, 3.63) is 35.6 Å². The Bertz CT molecular complexity index is 792. The molecule has 9 nitrogen and oxygen atoms in total. The maximum Gasteiger partial charge on any atom is 0.249 e. The lowest BCUT2D eigenvalue weighted by Crippen LogP contribution is -2.55. The highest BCUT2D eigenvalue weighted by molar-refractivity contribution is 7.99. The van der Waals surface area contributed by atoms with Crippen LogP contribution < -0.4 is 16.2 Å². The second-order valence-electron chi connectivity index (χ2n) is 7.06. The van der Waals surface area contributed by atoms with Crippen molar-refractivity contribution >= 4 is 35.5 Å². The van der Waals surface area contributed by atoms with Gasteiger partial charge in [0, 0.05) is 30.5 Å². The molecule has 3 N–H and O–H groups in total. The molecule has 31 heavy (non-hydrogen) atoms. The molecule has 0 aromatic heterocycles. The molecule has 0 unspecified atom stereocenters. The molecule has 170 valence electrons. The number of carbonyl (C=O) groups excluding carboxylic acids is 4. The molecule has 0 saturated carbocycles. The van der Waals surface area contributed by atoms with E-state index in [9.17, 15) is 28.7 Å². The van der Waals surface area contributed by atoms with E-state index in [1.807, 2.05) is 0 Å². The van der Waals surface area contributed by atoms with Crippen LogP contribution in [0.25, 0.3) is 0 Å². The average molecular weight is 455 g/mol. The van der Waals surface area contributed by atoms with Gasteiger partial charge >= 0.3 is 0 Å². The van der Waals surface area contributed by atoms with Crippen molar-refractivity contribution in [2.75, 3.05) is 26.3 Å². The Kier molecular flexibility index (Phi) is 9.73. The van der Waals surface area contributed by atoms with E-state index in [2.05, 4.69) is 5.32 Å². The lowest BCUT2D eigenvalue weighted by molar-refractivity contribution is -0.309. The summed E-state index contributed by atoms with van der Waals surface area (Å²) in [6.07, 6.45) is 0.980. The van der Waals surface area contributed by atoms with Gasteiger partial charge in [-0.2, -0.15) is 11.8 Å². The molecule has 1 saturated heterocycles. The van der Waals surface area contributed by atoms with Crippen LogP contribution in [0.4, 0.5) is 4.39 Å². The Hall–Kier alpha value is -2.66. The number of halogens is 1. The number of nitrogens with one attached hydrogen (secondary N) is 1. The minimum absolute atomic E-state index is 0.0239. The predicted octanol–water partition coefficient (Wildman–Crippen LogP) is -0.823. The minimum atomic E-state index is -1.44. The Morgan fingerprint density at radius 2 is 1.94 bits per heavy atom. The predicted molar refractivity (Wildman–Crippen MR) is 109 cm³/mol. The van der Waals surface area contributed by atoms with Crippen LogP contribution in [-0.4, -0.2) is 66.2 Å². The molecule has 2 rings (SSSR count). The number of carbonyl (C=O) groups is 4. The Morgan fingerprint density at radius 3 is 2.58 bits per heavy atom. The van der Waals surface area contributed by atoms with Gasteiger partial charge in [-0.15, -0.1) is 0 Å². The number of aliphatic carboxylic acids is 1. The fourth-order valence-electron chi connectivity index (χ4n) is 3.16. The highest BCUT2D eigenvalue weighted by atomic mass is 32.2. The largest absolute Gasteiger partial charge is 0.548 e. The number of amides is 3. The molecule has 0 spiro atoms. The van der Waals surface area contributed by atoms with Crippen molar-refractivity contribution in [1.29, 1.82) is 0 Å². The summed E-state index contributed by atoms with van der Waals surface area (Å²) in [5.41, 5.74) is 6.03. The Balaban J connectivity index is 1.98. The zero-order chi connectivity index (χ0) is 22.8. The van der Waals surface area contributed by atoms with Crippen LogP contribution in [0.15, 0.2) is 24.3 Å². The summed E-state index contributed by atoms with van der Waals surface area (Å²) < 4.78 is 17.9. The first-order chi connectivity index (χ1) is 14.8. The number of primary amides is 1. The van der Waals surface area contributed by atoms with Gasteiger partial charge in [0.05, 0.1) is 12.6 Å². The second kappa shape index (κ2) is 12.3. The van der Waals surface area contributed by atoms with Gasteiger partial charge in [0.1, 0.15) is 18.5 Å². The summed E-state index contributed by atoms with van der Waals surface area (Å²) in [7, 11) is 0. The van der Waals surface area contributed by atoms with E-state index in [0.29, 0.717) is 25.1 Å². The van der Waals surface area contributed by atoms with Gasteiger partial charge in [-0.1, -0.05) is 12.1 Å². The number of hydrogen-bond donors (Lipinski definition) is 2. The molecule has 2 atom stereocenters. The van der Waals surface area contributed by atoms with Crippen LogP contribution >= 0.6 is 11.8 Å². The number of ether oxygens (including phenoxy) is 1. The van der Waals surface area contributed by atoms with E-state index in [-0.39, 0.29) is 24.0 Å². The van der Waals surface area contributed by atoms with E-state index in [1.54, 1.807) is 23.9 Å². The van der Waals surface area contributed by atoms with Gasteiger partial charge in [0.2, 0.25) is 17.7 Å². The lowest BCUT2D eigenvalue weighted by atomic mass is 10.0. The average Bonchev–Trinajstić information content (AvgIpc) is 2.72. The van der Waals surface area contributed by atoms with Gasteiger partial charge in [0.25, 0.3) is 0 Å². The number of carboxylic acid groups (broad SMARTS) is 1. The number of carboxylic acids is 1. The second-order valence-corrected chi connectivity index (χ2v) is 8.35. The van der Waals surface area contributed by atoms with Crippen LogP contribution in [0.3, 0.4) is 0 Å². The number of thioether (sulfide) groups is 1. The first-order valence-electron chi connectivity index (χ1n) is 9.75. The number of nitrogens with two attached hydrogens (primary N) is 1. The van der Waals surface area contributed by atoms with Crippen LogP contribution in [0, 0.1) is 5.82 Å². The quantitative estimate of drug-likeness (QED) is 0.445. The summed E-state index contributed by atoms with van der Waals surface area (Å²) in [4.78, 5) is 47.9. The number of benzene rings is 1. The van der Waals surface area contributed by atoms with Gasteiger partial charge in [0.15, 0.2) is 0 Å². The molecule has 0 bridgehead atoms. The number of likely N-dealkylation sites (tertiary alicyclic amines) is 1. The van der Waals surface area contributed by atoms with Crippen molar-refractivity contribution in [2.24, 2.45) is 5.73 Å². The van der Waals surface area contributed by atoms with E-state index >= 15 is 0 Å². The molecule has 1 aliphatic heterocycles. The third-order valence-electron chi connectivity index (χ3n) is 4.69. The maximum absolute atomic E-state index is 13.1. The first kappa shape index (κ1) is 24.6. The summed E-state index contributed by atoms with van der Waals surface area (Å²) in [5.74, 6) is -2.59. The molecular weight excluding hydrogens is 429 g/mol. The van der Waals surface area contributed by atoms with Gasteiger partial charge in [-0.3, -0.25) is 14.4 Å². The van der Waals surface area contributed by atoms with Crippen molar-refractivity contribution in [1.82, 2.24) is 10.2 Å². The number of rotatable bonds is 11. The summed E-state index contributed by atoms with van der Waals surface area (Å²) in [6.45, 7) is -0.846. The zero-order valence-electron chi connectivity index (χ0n) is 16.9. The highest BCUT2D eigenvalue weighted by Crippen LogP contribution is 2.30.